The van der Waals surface area contributed by atoms with Gasteiger partial charge in [0.1, 0.15) is 5.82 Å². The van der Waals surface area contributed by atoms with Crippen molar-refractivity contribution in [2.24, 2.45) is 0 Å². The van der Waals surface area contributed by atoms with Crippen LogP contribution in [0.1, 0.15) is 5.56 Å². The number of halogens is 2. The predicted molar refractivity (Wildman–Crippen MR) is 55.8 cm³/mol. The molecule has 0 atom stereocenters. The van der Waals surface area contributed by atoms with Crippen LogP contribution >= 0.6 is 15.9 Å². The van der Waals surface area contributed by atoms with Gasteiger partial charge in [0.25, 0.3) is 0 Å². The Labute approximate surface area is 90.5 Å². The molecule has 1 N–H and O–H groups in total. The monoisotopic (exact) mass is 281 g/mol. The van der Waals surface area contributed by atoms with Crippen LogP contribution in [-0.2, 0) is 15.8 Å². The lowest BCUT2D eigenvalue weighted by molar-refractivity contribution is 0.579. The van der Waals surface area contributed by atoms with Crippen molar-refractivity contribution in [3.05, 3.63) is 34.1 Å². The molecular weight excluding hydrogens is 273 g/mol. The molecule has 0 saturated heterocycles. The van der Waals surface area contributed by atoms with Gasteiger partial charge in [0, 0.05) is 5.56 Å². The van der Waals surface area contributed by atoms with Crippen LogP contribution < -0.4 is 4.72 Å². The quantitative estimate of drug-likeness (QED) is 0.916. The molecule has 0 fully saturated rings. The Bertz CT molecular complexity index is 433. The van der Waals surface area contributed by atoms with Crippen LogP contribution in [0.2, 0.25) is 0 Å². The summed E-state index contributed by atoms with van der Waals surface area (Å²) in [6, 6.07) is 4.55. The molecule has 0 aromatic heterocycles. The Morgan fingerprint density at radius 3 is 2.71 bits per heavy atom. The first-order valence-electron chi connectivity index (χ1n) is 3.80. The maximum absolute atomic E-state index is 13.3. The molecule has 0 aliphatic rings. The van der Waals surface area contributed by atoms with E-state index in [2.05, 4.69) is 20.7 Å². The number of benzene rings is 1. The van der Waals surface area contributed by atoms with Crippen LogP contribution in [-0.4, -0.2) is 15.5 Å². The molecule has 0 aliphatic heterocycles. The van der Waals surface area contributed by atoms with Gasteiger partial charge in [-0.1, -0.05) is 12.1 Å². The summed E-state index contributed by atoms with van der Waals surface area (Å²) in [7, 11) is -2.13. The minimum atomic E-state index is -3.42. The molecule has 0 unspecified atom stereocenters. The fourth-order valence-corrected chi connectivity index (χ4v) is 2.12. The molecule has 0 amide bonds. The molecule has 0 spiro atoms. The molecule has 6 heteroatoms. The van der Waals surface area contributed by atoms with Crippen LogP contribution in [0.25, 0.3) is 0 Å². The lowest BCUT2D eigenvalue weighted by Gasteiger charge is -2.04. The van der Waals surface area contributed by atoms with Crippen molar-refractivity contribution in [1.82, 2.24) is 4.72 Å². The number of rotatable bonds is 3. The third-order valence-electron chi connectivity index (χ3n) is 1.69. The number of sulfonamides is 1. The number of nitrogens with one attached hydrogen (secondary N) is 1. The van der Waals surface area contributed by atoms with Crippen molar-refractivity contribution in [1.29, 1.82) is 0 Å². The first-order valence-corrected chi connectivity index (χ1v) is 6.25. The summed E-state index contributed by atoms with van der Waals surface area (Å²) in [6.45, 7) is 0. The molecule has 1 aromatic rings. The summed E-state index contributed by atoms with van der Waals surface area (Å²) in [6.07, 6.45) is 0. The van der Waals surface area contributed by atoms with Crippen molar-refractivity contribution in [3.8, 4) is 0 Å². The van der Waals surface area contributed by atoms with E-state index >= 15 is 0 Å². The average molecular weight is 282 g/mol. The van der Waals surface area contributed by atoms with Crippen LogP contribution in [0.3, 0.4) is 0 Å². The van der Waals surface area contributed by atoms with Crippen molar-refractivity contribution in [3.63, 3.8) is 0 Å². The fraction of sp³-hybridized carbons (Fsp3) is 0.250. The summed E-state index contributed by atoms with van der Waals surface area (Å²) in [5.41, 5.74) is 0.147. The molecular formula is C8H9BrFNO2S. The van der Waals surface area contributed by atoms with Gasteiger partial charge in [-0.25, -0.2) is 17.5 Å². The molecule has 0 bridgehead atoms. The summed E-state index contributed by atoms with van der Waals surface area (Å²) in [5, 5.41) is 0. The van der Waals surface area contributed by atoms with E-state index in [4.69, 9.17) is 0 Å². The van der Waals surface area contributed by atoms with Gasteiger partial charge in [-0.2, -0.15) is 0 Å². The van der Waals surface area contributed by atoms with Crippen molar-refractivity contribution < 1.29 is 12.8 Å². The zero-order valence-electron chi connectivity index (χ0n) is 7.42. The van der Waals surface area contributed by atoms with E-state index in [0.29, 0.717) is 0 Å². The normalized spacial score (nSPS) is 11.6. The second-order valence-electron chi connectivity index (χ2n) is 2.68. The first-order chi connectivity index (χ1) is 6.46. The second-order valence-corrected chi connectivity index (χ2v) is 5.46. The van der Waals surface area contributed by atoms with Crippen LogP contribution in [0.4, 0.5) is 4.39 Å². The van der Waals surface area contributed by atoms with Crippen molar-refractivity contribution >= 4 is 26.0 Å². The van der Waals surface area contributed by atoms with Gasteiger partial charge >= 0.3 is 0 Å². The largest absolute Gasteiger partial charge is 0.218 e. The zero-order chi connectivity index (χ0) is 10.8. The van der Waals surface area contributed by atoms with E-state index in [-0.39, 0.29) is 15.8 Å². The Morgan fingerprint density at radius 2 is 2.14 bits per heavy atom. The topological polar surface area (TPSA) is 46.2 Å². The Balaban J connectivity index is 3.05. The fourth-order valence-electron chi connectivity index (χ4n) is 0.937. The van der Waals surface area contributed by atoms with E-state index in [9.17, 15) is 12.8 Å². The maximum atomic E-state index is 13.3. The highest BCUT2D eigenvalue weighted by atomic mass is 79.9. The van der Waals surface area contributed by atoms with Gasteiger partial charge in [0.2, 0.25) is 10.0 Å². The molecule has 1 rings (SSSR count). The molecule has 0 radical (unpaired) electrons. The van der Waals surface area contributed by atoms with Gasteiger partial charge in [-0.05, 0) is 29.0 Å². The number of hydrogen-bond donors (Lipinski definition) is 1. The maximum Gasteiger partial charge on any atom is 0.215 e. The SMILES string of the molecule is CNS(=O)(=O)Cc1cccc(Br)c1F. The molecule has 14 heavy (non-hydrogen) atoms. The van der Waals surface area contributed by atoms with E-state index in [1.165, 1.54) is 19.2 Å². The molecule has 1 aromatic carbocycles. The van der Waals surface area contributed by atoms with Gasteiger partial charge in [0.15, 0.2) is 0 Å². The third-order valence-corrected chi connectivity index (χ3v) is 3.61. The first kappa shape index (κ1) is 11.6. The Hall–Kier alpha value is -0.460. The average Bonchev–Trinajstić information content (AvgIpc) is 2.13. The molecule has 0 heterocycles. The smallest absolute Gasteiger partial charge is 0.215 e. The molecule has 0 aliphatic carbocycles. The van der Waals surface area contributed by atoms with Crippen LogP contribution in [0, 0.1) is 5.82 Å². The summed E-state index contributed by atoms with van der Waals surface area (Å²) >= 11 is 2.99. The third kappa shape index (κ3) is 2.76. The molecule has 3 nitrogen and oxygen atoms in total. The van der Waals surface area contributed by atoms with E-state index in [1.54, 1.807) is 6.07 Å². The van der Waals surface area contributed by atoms with E-state index < -0.39 is 15.8 Å². The molecule has 78 valence electrons. The summed E-state index contributed by atoms with van der Waals surface area (Å²) in [5.74, 6) is -0.888. The standard InChI is InChI=1S/C8H9BrFNO2S/c1-11-14(12,13)5-6-3-2-4-7(9)8(6)10/h2-4,11H,5H2,1H3. The summed E-state index contributed by atoms with van der Waals surface area (Å²) < 4.78 is 38.0. The van der Waals surface area contributed by atoms with Gasteiger partial charge in [-0.15, -0.1) is 0 Å². The van der Waals surface area contributed by atoms with Gasteiger partial charge < -0.3 is 0 Å². The Morgan fingerprint density at radius 1 is 1.50 bits per heavy atom. The molecule has 0 saturated carbocycles. The lowest BCUT2D eigenvalue weighted by atomic mass is 10.2. The summed E-state index contributed by atoms with van der Waals surface area (Å²) in [4.78, 5) is 0. The van der Waals surface area contributed by atoms with Crippen molar-refractivity contribution in [2.45, 2.75) is 5.75 Å². The predicted octanol–water partition coefficient (Wildman–Crippen LogP) is 1.64. The minimum absolute atomic E-state index is 0.147. The van der Waals surface area contributed by atoms with Gasteiger partial charge in [0.05, 0.1) is 10.2 Å². The van der Waals surface area contributed by atoms with Crippen LogP contribution in [0.15, 0.2) is 22.7 Å². The zero-order valence-corrected chi connectivity index (χ0v) is 9.82. The second kappa shape index (κ2) is 4.37. The van der Waals surface area contributed by atoms with Crippen molar-refractivity contribution in [2.75, 3.05) is 7.05 Å². The Kier molecular flexibility index (Phi) is 3.63. The minimum Gasteiger partial charge on any atom is -0.218 e. The highest BCUT2D eigenvalue weighted by Crippen LogP contribution is 2.19. The highest BCUT2D eigenvalue weighted by molar-refractivity contribution is 9.10. The van der Waals surface area contributed by atoms with E-state index in [1.807, 2.05) is 0 Å². The highest BCUT2D eigenvalue weighted by Gasteiger charge is 2.13. The lowest BCUT2D eigenvalue weighted by Crippen LogP contribution is -2.20. The van der Waals surface area contributed by atoms with E-state index in [0.717, 1.165) is 0 Å². The van der Waals surface area contributed by atoms with Crippen LogP contribution in [0.5, 0.6) is 0 Å². The number of hydrogen-bond acceptors (Lipinski definition) is 2. The van der Waals surface area contributed by atoms with Gasteiger partial charge in [-0.3, -0.25) is 0 Å².